The number of nitrogens with one attached hydrogen (secondary N) is 1. The van der Waals surface area contributed by atoms with Crippen LogP contribution in [0.2, 0.25) is 0 Å². The van der Waals surface area contributed by atoms with E-state index in [1.807, 2.05) is 0 Å². The van der Waals surface area contributed by atoms with Crippen LogP contribution in [-0.2, 0) is 0 Å². The predicted molar refractivity (Wildman–Crippen MR) is 84.6 cm³/mol. The Morgan fingerprint density at radius 2 is 2.19 bits per heavy atom. The summed E-state index contributed by atoms with van der Waals surface area (Å²) in [5.41, 5.74) is -0.661. The molecule has 1 heterocycles. The fourth-order valence-corrected chi connectivity index (χ4v) is 3.12. The lowest BCUT2D eigenvalue weighted by molar-refractivity contribution is 0.00218. The van der Waals surface area contributed by atoms with Crippen molar-refractivity contribution in [2.75, 3.05) is 11.9 Å². The molecular formula is C15H21BrN2O3. The first-order chi connectivity index (χ1) is 9.93. The summed E-state index contributed by atoms with van der Waals surface area (Å²) >= 11 is 3.21. The second-order valence-corrected chi connectivity index (χ2v) is 6.70. The van der Waals surface area contributed by atoms with E-state index in [1.54, 1.807) is 6.20 Å². The maximum Gasteiger partial charge on any atom is 0.339 e. The number of carboxylic acid groups (broad SMARTS) is 1. The maximum absolute atomic E-state index is 11.2. The molecule has 0 spiro atoms. The Kier molecular flexibility index (Phi) is 5.22. The Hall–Kier alpha value is -1.14. The molecule has 116 valence electrons. The summed E-state index contributed by atoms with van der Waals surface area (Å²) < 4.78 is 0.618. The third-order valence-electron chi connectivity index (χ3n) is 4.28. The van der Waals surface area contributed by atoms with Crippen LogP contribution in [0.25, 0.3) is 0 Å². The molecule has 6 heteroatoms. The highest BCUT2D eigenvalue weighted by molar-refractivity contribution is 9.10. The third kappa shape index (κ3) is 4.17. The number of aromatic nitrogens is 1. The summed E-state index contributed by atoms with van der Waals surface area (Å²) in [7, 11) is 0. The highest BCUT2D eigenvalue weighted by Crippen LogP contribution is 2.34. The van der Waals surface area contributed by atoms with Crippen LogP contribution in [0.1, 0.15) is 49.4 Å². The van der Waals surface area contributed by atoms with Crippen molar-refractivity contribution < 1.29 is 15.0 Å². The number of pyridine rings is 1. The smallest absolute Gasteiger partial charge is 0.339 e. The van der Waals surface area contributed by atoms with Crippen molar-refractivity contribution in [1.29, 1.82) is 0 Å². The van der Waals surface area contributed by atoms with Crippen molar-refractivity contribution in [1.82, 2.24) is 4.98 Å². The van der Waals surface area contributed by atoms with E-state index >= 15 is 0 Å². The highest BCUT2D eigenvalue weighted by atomic mass is 79.9. The zero-order chi connectivity index (χ0) is 15.5. The second kappa shape index (κ2) is 6.75. The highest BCUT2D eigenvalue weighted by Gasteiger charge is 2.32. The van der Waals surface area contributed by atoms with Gasteiger partial charge >= 0.3 is 5.97 Å². The Balaban J connectivity index is 2.01. The monoisotopic (exact) mass is 356 g/mol. The van der Waals surface area contributed by atoms with Crippen LogP contribution in [0.15, 0.2) is 16.7 Å². The number of aliphatic hydroxyl groups is 1. The molecule has 0 saturated heterocycles. The molecular weight excluding hydrogens is 336 g/mol. The van der Waals surface area contributed by atoms with E-state index in [0.29, 0.717) is 22.8 Å². The van der Waals surface area contributed by atoms with Gasteiger partial charge in [0, 0.05) is 17.2 Å². The van der Waals surface area contributed by atoms with Gasteiger partial charge in [0.15, 0.2) is 0 Å². The van der Waals surface area contributed by atoms with Crippen molar-refractivity contribution in [3.63, 3.8) is 0 Å². The van der Waals surface area contributed by atoms with Gasteiger partial charge in [-0.2, -0.15) is 0 Å². The first-order valence-corrected chi connectivity index (χ1v) is 8.08. The van der Waals surface area contributed by atoms with Crippen molar-refractivity contribution in [3.05, 3.63) is 22.3 Å². The van der Waals surface area contributed by atoms with Crippen molar-refractivity contribution in [2.24, 2.45) is 5.92 Å². The molecule has 0 bridgehead atoms. The number of rotatable bonds is 5. The Morgan fingerprint density at radius 1 is 1.52 bits per heavy atom. The Morgan fingerprint density at radius 3 is 2.76 bits per heavy atom. The normalized spacial score (nSPS) is 25.6. The molecule has 0 aliphatic heterocycles. The molecule has 0 amide bonds. The van der Waals surface area contributed by atoms with Crippen LogP contribution in [-0.4, -0.2) is 33.3 Å². The van der Waals surface area contributed by atoms with Crippen LogP contribution >= 0.6 is 15.9 Å². The lowest BCUT2D eigenvalue weighted by atomic mass is 9.78. The van der Waals surface area contributed by atoms with Crippen LogP contribution < -0.4 is 5.32 Å². The molecule has 0 atom stereocenters. The summed E-state index contributed by atoms with van der Waals surface area (Å²) in [6.07, 6.45) is 6.24. The minimum Gasteiger partial charge on any atom is -0.478 e. The first-order valence-electron chi connectivity index (χ1n) is 7.28. The average Bonchev–Trinajstić information content (AvgIpc) is 2.47. The molecule has 3 N–H and O–H groups in total. The van der Waals surface area contributed by atoms with Gasteiger partial charge in [-0.15, -0.1) is 0 Å². The van der Waals surface area contributed by atoms with Gasteiger partial charge in [-0.3, -0.25) is 0 Å². The Labute approximate surface area is 132 Å². The largest absolute Gasteiger partial charge is 0.478 e. The van der Waals surface area contributed by atoms with E-state index in [4.69, 9.17) is 0 Å². The van der Waals surface area contributed by atoms with Gasteiger partial charge < -0.3 is 15.5 Å². The van der Waals surface area contributed by atoms with Crippen LogP contribution in [0, 0.1) is 5.92 Å². The van der Waals surface area contributed by atoms with E-state index in [9.17, 15) is 15.0 Å². The summed E-state index contributed by atoms with van der Waals surface area (Å²) in [5.74, 6) is -0.0321. The number of hydrogen-bond donors (Lipinski definition) is 3. The molecule has 2 rings (SSSR count). The number of nitrogens with zero attached hydrogens (tertiary/aromatic N) is 1. The zero-order valence-electron chi connectivity index (χ0n) is 12.1. The van der Waals surface area contributed by atoms with Crippen molar-refractivity contribution >= 4 is 27.7 Å². The fraction of sp³-hybridized carbons (Fsp3) is 0.600. The third-order valence-corrected chi connectivity index (χ3v) is 4.72. The van der Waals surface area contributed by atoms with Gasteiger partial charge in [-0.05, 0) is 53.6 Å². The number of anilines is 1. The molecule has 1 aliphatic carbocycles. The van der Waals surface area contributed by atoms with Gasteiger partial charge in [0.1, 0.15) is 11.4 Å². The van der Waals surface area contributed by atoms with E-state index in [1.165, 1.54) is 6.07 Å². The number of carboxylic acids is 1. The molecule has 0 radical (unpaired) electrons. The fourth-order valence-electron chi connectivity index (χ4n) is 2.79. The van der Waals surface area contributed by atoms with Gasteiger partial charge in [0.2, 0.25) is 0 Å². The number of aromatic carboxylic acids is 1. The lowest BCUT2D eigenvalue weighted by Crippen LogP contribution is -2.40. The topological polar surface area (TPSA) is 82.5 Å². The van der Waals surface area contributed by atoms with E-state index < -0.39 is 11.6 Å². The SMILES string of the molecule is CCC1CCC(O)(CNc2ncc(Br)cc2C(=O)O)CC1. The quantitative estimate of drug-likeness (QED) is 0.753. The standard InChI is InChI=1S/C15H21BrN2O3/c1-2-10-3-5-15(21,6-4-10)9-18-13-12(14(19)20)7-11(16)8-17-13/h7-8,10,21H,2-6,9H2,1H3,(H,17,18)(H,19,20). The molecule has 1 fully saturated rings. The average molecular weight is 357 g/mol. The van der Waals surface area contributed by atoms with Crippen LogP contribution in [0.4, 0.5) is 5.82 Å². The second-order valence-electron chi connectivity index (χ2n) is 5.78. The first kappa shape index (κ1) is 16.2. The van der Waals surface area contributed by atoms with Crippen LogP contribution in [0.5, 0.6) is 0 Å². The summed E-state index contributed by atoms with van der Waals surface area (Å²) in [4.78, 5) is 15.3. The van der Waals surface area contributed by atoms with E-state index in [0.717, 1.165) is 32.1 Å². The summed E-state index contributed by atoms with van der Waals surface area (Å²) in [6.45, 7) is 2.51. The number of hydrogen-bond acceptors (Lipinski definition) is 4. The number of halogens is 1. The minimum atomic E-state index is -1.03. The van der Waals surface area contributed by atoms with E-state index in [-0.39, 0.29) is 5.56 Å². The van der Waals surface area contributed by atoms with E-state index in [2.05, 4.69) is 33.2 Å². The molecule has 0 unspecified atom stereocenters. The lowest BCUT2D eigenvalue weighted by Gasteiger charge is -2.36. The number of carbonyl (C=O) groups is 1. The predicted octanol–water partition coefficient (Wildman–Crippen LogP) is 3.29. The molecule has 21 heavy (non-hydrogen) atoms. The van der Waals surface area contributed by atoms with Gasteiger partial charge in [0.05, 0.1) is 5.60 Å². The minimum absolute atomic E-state index is 0.107. The van der Waals surface area contributed by atoms with Gasteiger partial charge in [-0.25, -0.2) is 9.78 Å². The summed E-state index contributed by atoms with van der Waals surface area (Å²) in [5, 5.41) is 22.8. The molecule has 1 saturated carbocycles. The van der Waals surface area contributed by atoms with Crippen molar-refractivity contribution in [3.8, 4) is 0 Å². The molecule has 1 aliphatic rings. The van der Waals surface area contributed by atoms with Gasteiger partial charge in [-0.1, -0.05) is 13.3 Å². The maximum atomic E-state index is 11.2. The molecule has 5 nitrogen and oxygen atoms in total. The van der Waals surface area contributed by atoms with Crippen LogP contribution in [0.3, 0.4) is 0 Å². The summed E-state index contributed by atoms with van der Waals surface area (Å²) in [6, 6.07) is 1.51. The molecule has 1 aromatic heterocycles. The zero-order valence-corrected chi connectivity index (χ0v) is 13.7. The Bertz CT molecular complexity index is 514. The van der Waals surface area contributed by atoms with Crippen molar-refractivity contribution in [2.45, 2.75) is 44.6 Å². The molecule has 1 aromatic rings. The molecule has 0 aromatic carbocycles. The van der Waals surface area contributed by atoms with Gasteiger partial charge in [0.25, 0.3) is 0 Å².